The fourth-order valence-corrected chi connectivity index (χ4v) is 1.80. The van der Waals surface area contributed by atoms with Crippen molar-refractivity contribution in [3.63, 3.8) is 0 Å². The average molecular weight is 293 g/mol. The smallest absolute Gasteiger partial charge is 0.434 e. The molecule has 0 saturated heterocycles. The highest BCUT2D eigenvalue weighted by Gasteiger charge is 2.18. The lowest BCUT2D eigenvalue weighted by Gasteiger charge is -2.06. The molecule has 1 aromatic carbocycles. The minimum absolute atomic E-state index is 0.0760. The molecule has 0 saturated carbocycles. The highest BCUT2D eigenvalue weighted by Crippen LogP contribution is 2.12. The third-order valence-electron chi connectivity index (χ3n) is 2.81. The molecular formula is C13H12FN3O4. The highest BCUT2D eigenvalue weighted by atomic mass is 19.1. The number of imidazole rings is 1. The molecule has 0 fully saturated rings. The van der Waals surface area contributed by atoms with Crippen LogP contribution in [0.3, 0.4) is 0 Å². The second-order valence-electron chi connectivity index (χ2n) is 4.25. The third kappa shape index (κ3) is 3.41. The number of halogens is 1. The van der Waals surface area contributed by atoms with Crippen molar-refractivity contribution in [1.82, 2.24) is 9.55 Å². The Labute approximate surface area is 119 Å². The Morgan fingerprint density at radius 1 is 1.52 bits per heavy atom. The van der Waals surface area contributed by atoms with Gasteiger partial charge in [-0.15, -0.1) is 0 Å². The second kappa shape index (κ2) is 6.12. The van der Waals surface area contributed by atoms with Crippen LogP contribution >= 0.6 is 0 Å². The maximum absolute atomic E-state index is 13.0. The number of esters is 1. The molecule has 7 nitrogen and oxygen atoms in total. The van der Waals surface area contributed by atoms with Crippen molar-refractivity contribution in [3.05, 3.63) is 57.7 Å². The number of aromatic nitrogens is 2. The Kier molecular flexibility index (Phi) is 4.27. The lowest BCUT2D eigenvalue weighted by molar-refractivity contribution is -0.396. The summed E-state index contributed by atoms with van der Waals surface area (Å²) in [6.45, 7) is 1.69. The first-order valence-electron chi connectivity index (χ1n) is 6.08. The number of carbonyl (C=O) groups excluding carboxylic acids is 1. The molecule has 0 N–H and O–H groups in total. The largest absolute Gasteiger partial charge is 0.459 e. The Hall–Kier alpha value is -2.77. The summed E-state index contributed by atoms with van der Waals surface area (Å²) in [5, 5.41) is 10.8. The first-order chi connectivity index (χ1) is 9.99. The fourth-order valence-electron chi connectivity index (χ4n) is 1.80. The van der Waals surface area contributed by atoms with Crippen LogP contribution in [0.5, 0.6) is 0 Å². The number of ether oxygens (including phenoxy) is 1. The van der Waals surface area contributed by atoms with Crippen LogP contribution < -0.4 is 0 Å². The summed E-state index contributed by atoms with van der Waals surface area (Å²) < 4.78 is 19.3. The Bertz CT molecular complexity index is 684. The third-order valence-corrected chi connectivity index (χ3v) is 2.81. The van der Waals surface area contributed by atoms with Gasteiger partial charge < -0.3 is 14.9 Å². The van der Waals surface area contributed by atoms with Gasteiger partial charge in [0, 0.05) is 0 Å². The molecule has 0 radical (unpaired) electrons. The molecule has 2 rings (SSSR count). The van der Waals surface area contributed by atoms with Crippen LogP contribution in [0, 0.1) is 22.9 Å². The average Bonchev–Trinajstić information content (AvgIpc) is 2.80. The molecule has 0 unspecified atom stereocenters. The highest BCUT2D eigenvalue weighted by molar-refractivity contribution is 5.89. The monoisotopic (exact) mass is 293 g/mol. The minimum atomic E-state index is -0.685. The van der Waals surface area contributed by atoms with E-state index in [1.165, 1.54) is 29.0 Å². The van der Waals surface area contributed by atoms with Gasteiger partial charge in [-0.3, -0.25) is 0 Å². The normalized spacial score (nSPS) is 10.4. The van der Waals surface area contributed by atoms with E-state index in [2.05, 4.69) is 4.98 Å². The molecular weight excluding hydrogens is 281 g/mol. The quantitative estimate of drug-likeness (QED) is 0.478. The van der Waals surface area contributed by atoms with Crippen LogP contribution in [-0.2, 0) is 11.3 Å². The number of carbonyl (C=O) groups is 1. The maximum Gasteiger partial charge on any atom is 0.434 e. The van der Waals surface area contributed by atoms with E-state index >= 15 is 0 Å². The molecule has 21 heavy (non-hydrogen) atoms. The summed E-state index contributed by atoms with van der Waals surface area (Å²) in [6, 6.07) is 5.11. The summed E-state index contributed by atoms with van der Waals surface area (Å²) in [5.41, 5.74) is 0.676. The van der Waals surface area contributed by atoms with E-state index in [1.54, 1.807) is 6.92 Å². The number of hydrogen-bond acceptors (Lipinski definition) is 5. The number of rotatable bonds is 5. The summed E-state index contributed by atoms with van der Waals surface area (Å²) in [4.78, 5) is 25.5. The lowest BCUT2D eigenvalue weighted by Crippen LogP contribution is -2.14. The number of hydrogen-bond donors (Lipinski definition) is 0. The van der Waals surface area contributed by atoms with Crippen molar-refractivity contribution in [1.29, 1.82) is 0 Å². The molecule has 0 aliphatic rings. The van der Waals surface area contributed by atoms with Crippen LogP contribution in [0.2, 0.25) is 0 Å². The molecule has 0 aliphatic heterocycles. The molecule has 0 atom stereocenters. The summed E-state index contributed by atoms with van der Waals surface area (Å²) in [6.07, 6.45) is 1.37. The molecule has 0 aliphatic carbocycles. The van der Waals surface area contributed by atoms with Gasteiger partial charge >= 0.3 is 11.9 Å². The van der Waals surface area contributed by atoms with Crippen molar-refractivity contribution in [2.45, 2.75) is 13.5 Å². The van der Waals surface area contributed by atoms with E-state index in [0.717, 1.165) is 6.07 Å². The van der Waals surface area contributed by atoms with E-state index < -0.39 is 16.7 Å². The predicted octanol–water partition coefficient (Wildman–Crippen LogP) is 2.10. The van der Waals surface area contributed by atoms with Gasteiger partial charge in [0.15, 0.2) is 0 Å². The molecule has 8 heteroatoms. The molecule has 0 amide bonds. The lowest BCUT2D eigenvalue weighted by atomic mass is 10.2. The van der Waals surface area contributed by atoms with E-state index in [9.17, 15) is 19.3 Å². The second-order valence-corrected chi connectivity index (χ2v) is 4.25. The summed E-state index contributed by atoms with van der Waals surface area (Å²) in [5.74, 6) is -1.53. The first kappa shape index (κ1) is 14.6. The van der Waals surface area contributed by atoms with Gasteiger partial charge in [0.1, 0.15) is 30.9 Å². The predicted molar refractivity (Wildman–Crippen MR) is 70.3 cm³/mol. The van der Waals surface area contributed by atoms with Crippen LogP contribution in [0.4, 0.5) is 10.3 Å². The molecule has 2 aromatic rings. The first-order valence-corrected chi connectivity index (χ1v) is 6.08. The van der Waals surface area contributed by atoms with Gasteiger partial charge in [-0.2, -0.15) is 0 Å². The van der Waals surface area contributed by atoms with Gasteiger partial charge in [0.05, 0.1) is 5.56 Å². The van der Waals surface area contributed by atoms with Crippen LogP contribution in [0.15, 0.2) is 30.5 Å². The Morgan fingerprint density at radius 2 is 2.29 bits per heavy atom. The van der Waals surface area contributed by atoms with Crippen molar-refractivity contribution in [2.75, 3.05) is 6.61 Å². The minimum Gasteiger partial charge on any atom is -0.459 e. The molecule has 0 spiro atoms. The topological polar surface area (TPSA) is 87.3 Å². The number of nitrogens with zero attached hydrogens (tertiary/aromatic N) is 3. The van der Waals surface area contributed by atoms with Gasteiger partial charge in [0.2, 0.25) is 0 Å². The Balaban J connectivity index is 1.97. The van der Waals surface area contributed by atoms with Gasteiger partial charge in [-0.05, 0) is 30.0 Å². The molecule has 0 bridgehead atoms. The zero-order chi connectivity index (χ0) is 15.4. The van der Waals surface area contributed by atoms with Gasteiger partial charge in [-0.1, -0.05) is 11.1 Å². The Morgan fingerprint density at radius 3 is 2.95 bits per heavy atom. The van der Waals surface area contributed by atoms with Gasteiger partial charge in [-0.25, -0.2) is 13.8 Å². The summed E-state index contributed by atoms with van der Waals surface area (Å²) in [7, 11) is 0. The van der Waals surface area contributed by atoms with E-state index in [1.807, 2.05) is 0 Å². The fraction of sp³-hybridized carbons (Fsp3) is 0.231. The van der Waals surface area contributed by atoms with Crippen molar-refractivity contribution in [2.24, 2.45) is 0 Å². The molecule has 1 heterocycles. The maximum atomic E-state index is 13.0. The SMILES string of the molecule is Cc1cnc([N+](=O)[O-])n1CCOC(=O)c1cccc(F)c1. The van der Waals surface area contributed by atoms with Crippen molar-refractivity contribution < 1.29 is 18.8 Å². The van der Waals surface area contributed by atoms with Crippen molar-refractivity contribution >= 4 is 11.9 Å². The van der Waals surface area contributed by atoms with Gasteiger partial charge in [0.25, 0.3) is 0 Å². The zero-order valence-corrected chi connectivity index (χ0v) is 11.2. The van der Waals surface area contributed by atoms with Crippen LogP contribution in [0.1, 0.15) is 16.1 Å². The zero-order valence-electron chi connectivity index (χ0n) is 11.2. The van der Waals surface area contributed by atoms with E-state index in [0.29, 0.717) is 5.69 Å². The van der Waals surface area contributed by atoms with Crippen molar-refractivity contribution in [3.8, 4) is 0 Å². The van der Waals surface area contributed by atoms with E-state index in [4.69, 9.17) is 4.74 Å². The van der Waals surface area contributed by atoms with Crippen LogP contribution in [0.25, 0.3) is 0 Å². The molecule has 110 valence electrons. The molecule has 1 aromatic heterocycles. The standard InChI is InChI=1S/C13H12FN3O4/c1-9-8-15-13(17(19)20)16(9)5-6-21-12(18)10-3-2-4-11(14)7-10/h2-4,7-8H,5-6H2,1H3. The summed E-state index contributed by atoms with van der Waals surface area (Å²) >= 11 is 0. The van der Waals surface area contributed by atoms with E-state index in [-0.39, 0.29) is 24.7 Å². The van der Waals surface area contributed by atoms with Crippen LogP contribution in [-0.4, -0.2) is 27.1 Å². The number of nitro groups is 1. The number of aryl methyl sites for hydroxylation is 1. The number of benzene rings is 1.